The van der Waals surface area contributed by atoms with E-state index in [-0.39, 0.29) is 11.8 Å². The van der Waals surface area contributed by atoms with Crippen molar-refractivity contribution >= 4 is 12.0 Å². The highest BCUT2D eigenvalue weighted by atomic mass is 16.5. The van der Waals surface area contributed by atoms with Gasteiger partial charge in [0, 0.05) is 31.5 Å². The van der Waals surface area contributed by atoms with Gasteiger partial charge in [0.2, 0.25) is 11.8 Å². The van der Waals surface area contributed by atoms with Crippen molar-refractivity contribution in [1.82, 2.24) is 15.0 Å². The summed E-state index contributed by atoms with van der Waals surface area (Å²) in [5.41, 5.74) is 1.03. The molecule has 5 heteroatoms. The Kier molecular flexibility index (Phi) is 4.86. The summed E-state index contributed by atoms with van der Waals surface area (Å²) in [6.45, 7) is 3.43. The van der Waals surface area contributed by atoms with Crippen LogP contribution in [0.2, 0.25) is 0 Å². The normalized spacial score (nSPS) is 18.5. The van der Waals surface area contributed by atoms with E-state index in [4.69, 9.17) is 4.52 Å². The number of hydrogen-bond acceptors (Lipinski definition) is 4. The number of carbonyl (C=O) groups excluding carboxylic acids is 1. The molecule has 0 bridgehead atoms. The van der Waals surface area contributed by atoms with Gasteiger partial charge in [0.1, 0.15) is 0 Å². The third kappa shape index (κ3) is 3.86. The maximum atomic E-state index is 12.4. The second-order valence-corrected chi connectivity index (χ2v) is 5.77. The highest BCUT2D eigenvalue weighted by Gasteiger charge is 2.26. The summed E-state index contributed by atoms with van der Waals surface area (Å²) in [6.07, 6.45) is 6.20. The van der Waals surface area contributed by atoms with Crippen molar-refractivity contribution in [2.24, 2.45) is 0 Å². The average molecular weight is 311 g/mol. The van der Waals surface area contributed by atoms with E-state index in [0.29, 0.717) is 12.4 Å². The van der Waals surface area contributed by atoms with Crippen LogP contribution in [0, 0.1) is 0 Å². The van der Waals surface area contributed by atoms with E-state index in [1.807, 2.05) is 48.2 Å². The number of piperidine rings is 1. The van der Waals surface area contributed by atoms with Gasteiger partial charge in [-0.3, -0.25) is 4.79 Å². The summed E-state index contributed by atoms with van der Waals surface area (Å²) in [7, 11) is 0. The molecule has 0 aliphatic carbocycles. The fraction of sp³-hybridized carbons (Fsp3) is 0.389. The molecule has 1 aliphatic rings. The molecule has 2 heterocycles. The maximum Gasteiger partial charge on any atom is 0.246 e. The predicted octanol–water partition coefficient (Wildman–Crippen LogP) is 3.05. The average Bonchev–Trinajstić information content (AvgIpc) is 3.10. The SMILES string of the molecule is CCc1nc([C@H]2CCCN(C(=O)/C=C/c3ccccc3)C2)no1. The van der Waals surface area contributed by atoms with Gasteiger partial charge in [-0.15, -0.1) is 0 Å². The third-order valence-electron chi connectivity index (χ3n) is 4.10. The summed E-state index contributed by atoms with van der Waals surface area (Å²) in [6, 6.07) is 9.85. The van der Waals surface area contributed by atoms with Gasteiger partial charge in [0.05, 0.1) is 0 Å². The minimum atomic E-state index is 0.0396. The minimum absolute atomic E-state index is 0.0396. The van der Waals surface area contributed by atoms with Crippen LogP contribution < -0.4 is 0 Å². The topological polar surface area (TPSA) is 59.2 Å². The molecule has 1 atom stereocenters. The second kappa shape index (κ2) is 7.22. The molecule has 0 saturated carbocycles. The zero-order valence-electron chi connectivity index (χ0n) is 13.3. The molecule has 1 aliphatic heterocycles. The van der Waals surface area contributed by atoms with Crippen LogP contribution in [0.25, 0.3) is 6.08 Å². The van der Waals surface area contributed by atoms with E-state index in [1.54, 1.807) is 6.08 Å². The van der Waals surface area contributed by atoms with Crippen LogP contribution in [0.3, 0.4) is 0 Å². The van der Waals surface area contributed by atoms with Crippen LogP contribution in [-0.4, -0.2) is 34.0 Å². The van der Waals surface area contributed by atoms with Crippen molar-refractivity contribution in [3.63, 3.8) is 0 Å². The molecule has 1 fully saturated rings. The smallest absolute Gasteiger partial charge is 0.246 e. The molecule has 1 amide bonds. The van der Waals surface area contributed by atoms with Crippen molar-refractivity contribution < 1.29 is 9.32 Å². The largest absolute Gasteiger partial charge is 0.339 e. The summed E-state index contributed by atoms with van der Waals surface area (Å²) in [5, 5.41) is 4.06. The number of amides is 1. The Morgan fingerprint density at radius 3 is 2.96 bits per heavy atom. The van der Waals surface area contributed by atoms with Gasteiger partial charge in [-0.1, -0.05) is 42.4 Å². The van der Waals surface area contributed by atoms with Crippen molar-refractivity contribution in [1.29, 1.82) is 0 Å². The molecule has 120 valence electrons. The van der Waals surface area contributed by atoms with Gasteiger partial charge < -0.3 is 9.42 Å². The van der Waals surface area contributed by atoms with Crippen LogP contribution in [0.15, 0.2) is 40.9 Å². The van der Waals surface area contributed by atoms with E-state index in [9.17, 15) is 4.79 Å². The van der Waals surface area contributed by atoms with Crippen molar-refractivity contribution in [3.05, 3.63) is 53.7 Å². The highest BCUT2D eigenvalue weighted by molar-refractivity contribution is 5.91. The Bertz CT molecular complexity index is 679. The van der Waals surface area contributed by atoms with Crippen molar-refractivity contribution in [3.8, 4) is 0 Å². The number of nitrogens with zero attached hydrogens (tertiary/aromatic N) is 3. The molecule has 3 rings (SSSR count). The van der Waals surface area contributed by atoms with Crippen molar-refractivity contribution in [2.75, 3.05) is 13.1 Å². The lowest BCUT2D eigenvalue weighted by atomic mass is 9.97. The Balaban J connectivity index is 1.63. The molecule has 2 aromatic rings. The van der Waals surface area contributed by atoms with Gasteiger partial charge in [0.25, 0.3) is 0 Å². The quantitative estimate of drug-likeness (QED) is 0.814. The van der Waals surface area contributed by atoms with Gasteiger partial charge in [-0.2, -0.15) is 4.98 Å². The number of rotatable bonds is 4. The lowest BCUT2D eigenvalue weighted by Gasteiger charge is -2.30. The molecule has 0 spiro atoms. The maximum absolute atomic E-state index is 12.4. The number of benzene rings is 1. The monoisotopic (exact) mass is 311 g/mol. The molecule has 1 saturated heterocycles. The number of aryl methyl sites for hydroxylation is 1. The summed E-state index contributed by atoms with van der Waals surface area (Å²) in [4.78, 5) is 18.7. The number of carbonyl (C=O) groups is 1. The second-order valence-electron chi connectivity index (χ2n) is 5.77. The standard InChI is InChI=1S/C18H21N3O2/c1-2-16-19-18(20-23-16)15-9-6-12-21(13-15)17(22)11-10-14-7-4-3-5-8-14/h3-5,7-8,10-11,15H,2,6,9,12-13H2,1H3/b11-10+/t15-/m0/s1. The number of likely N-dealkylation sites (tertiary alicyclic amines) is 1. The minimum Gasteiger partial charge on any atom is -0.339 e. The first kappa shape index (κ1) is 15.5. The Labute approximate surface area is 136 Å². The Morgan fingerprint density at radius 2 is 2.22 bits per heavy atom. The van der Waals surface area contributed by atoms with Gasteiger partial charge in [-0.25, -0.2) is 0 Å². The van der Waals surface area contributed by atoms with Crippen LogP contribution >= 0.6 is 0 Å². The van der Waals surface area contributed by atoms with Gasteiger partial charge in [-0.05, 0) is 24.5 Å². The number of aromatic nitrogens is 2. The molecule has 0 unspecified atom stereocenters. The fourth-order valence-electron chi connectivity index (χ4n) is 2.80. The number of hydrogen-bond donors (Lipinski definition) is 0. The summed E-state index contributed by atoms with van der Waals surface area (Å²) >= 11 is 0. The molecule has 1 aromatic heterocycles. The molecule has 23 heavy (non-hydrogen) atoms. The van der Waals surface area contributed by atoms with E-state index in [2.05, 4.69) is 10.1 Å². The van der Waals surface area contributed by atoms with E-state index in [1.165, 1.54) is 0 Å². The molecular weight excluding hydrogens is 290 g/mol. The van der Waals surface area contributed by atoms with Crippen LogP contribution in [-0.2, 0) is 11.2 Å². The van der Waals surface area contributed by atoms with Gasteiger partial charge >= 0.3 is 0 Å². The van der Waals surface area contributed by atoms with Crippen molar-refractivity contribution in [2.45, 2.75) is 32.1 Å². The van der Waals surface area contributed by atoms with Crippen LogP contribution in [0.1, 0.15) is 43.0 Å². The van der Waals surface area contributed by atoms with E-state index in [0.717, 1.165) is 37.2 Å². The zero-order chi connectivity index (χ0) is 16.1. The van der Waals surface area contributed by atoms with Crippen LogP contribution in [0.4, 0.5) is 0 Å². The Morgan fingerprint density at radius 1 is 1.39 bits per heavy atom. The summed E-state index contributed by atoms with van der Waals surface area (Å²) in [5.74, 6) is 1.60. The molecule has 5 nitrogen and oxygen atoms in total. The highest BCUT2D eigenvalue weighted by Crippen LogP contribution is 2.25. The first-order valence-electron chi connectivity index (χ1n) is 8.10. The van der Waals surface area contributed by atoms with Crippen LogP contribution in [0.5, 0.6) is 0 Å². The molecule has 1 aromatic carbocycles. The molecule has 0 N–H and O–H groups in total. The Hall–Kier alpha value is -2.43. The van der Waals surface area contributed by atoms with E-state index < -0.39 is 0 Å². The third-order valence-corrected chi connectivity index (χ3v) is 4.10. The molecule has 0 radical (unpaired) electrons. The fourth-order valence-corrected chi connectivity index (χ4v) is 2.80. The first-order valence-corrected chi connectivity index (χ1v) is 8.10. The predicted molar refractivity (Wildman–Crippen MR) is 87.7 cm³/mol. The first-order chi connectivity index (χ1) is 11.3. The van der Waals surface area contributed by atoms with Gasteiger partial charge in [0.15, 0.2) is 5.82 Å². The summed E-state index contributed by atoms with van der Waals surface area (Å²) < 4.78 is 5.19. The van der Waals surface area contributed by atoms with E-state index >= 15 is 0 Å². The molecular formula is C18H21N3O2. The lowest BCUT2D eigenvalue weighted by Crippen LogP contribution is -2.38. The zero-order valence-corrected chi connectivity index (χ0v) is 13.3. The lowest BCUT2D eigenvalue weighted by molar-refractivity contribution is -0.127.